The lowest BCUT2D eigenvalue weighted by Crippen LogP contribution is -2.13. The van der Waals surface area contributed by atoms with Crippen LogP contribution in [0.2, 0.25) is 0 Å². The molecule has 19 heavy (non-hydrogen) atoms. The fourth-order valence-electron chi connectivity index (χ4n) is 1.26. The molecule has 1 rings (SSSR count). The third-order valence-corrected chi connectivity index (χ3v) is 2.73. The van der Waals surface area contributed by atoms with E-state index in [0.717, 1.165) is 0 Å². The average Bonchev–Trinajstić information content (AvgIpc) is 2.37. The standard InChI is InChI=1S/C10H13NO4S.CH5NO/c1-11(2)8-5-4-7(10(12)15-3)6-9(8)16(13)14;1-2-3/h4-6H,1-3H3,(H,13,14);2-3H,1H3/p-1. The van der Waals surface area contributed by atoms with E-state index in [4.69, 9.17) is 5.21 Å². The van der Waals surface area contributed by atoms with Gasteiger partial charge in [0.25, 0.3) is 0 Å². The monoisotopic (exact) mass is 289 g/mol. The summed E-state index contributed by atoms with van der Waals surface area (Å²) in [6, 6.07) is 4.39. The first-order valence-electron chi connectivity index (χ1n) is 5.18. The van der Waals surface area contributed by atoms with E-state index >= 15 is 0 Å². The van der Waals surface area contributed by atoms with Crippen LogP contribution in [0, 0.1) is 0 Å². The Hall–Kier alpha value is -1.48. The highest BCUT2D eigenvalue weighted by Gasteiger charge is 2.11. The number of hydrogen-bond acceptors (Lipinski definition) is 7. The molecule has 0 aromatic heterocycles. The van der Waals surface area contributed by atoms with Crippen LogP contribution in [0.25, 0.3) is 0 Å². The topological polar surface area (TPSA) is 102 Å². The van der Waals surface area contributed by atoms with Crippen LogP contribution in [-0.4, -0.2) is 48.2 Å². The molecular weight excluding hydrogens is 272 g/mol. The van der Waals surface area contributed by atoms with E-state index in [0.29, 0.717) is 5.69 Å². The molecule has 0 spiro atoms. The van der Waals surface area contributed by atoms with Crippen molar-refractivity contribution in [2.75, 3.05) is 33.2 Å². The van der Waals surface area contributed by atoms with Gasteiger partial charge in [-0.05, 0) is 29.3 Å². The van der Waals surface area contributed by atoms with Gasteiger partial charge < -0.3 is 19.4 Å². The molecule has 8 heteroatoms. The van der Waals surface area contributed by atoms with E-state index in [9.17, 15) is 13.6 Å². The summed E-state index contributed by atoms with van der Waals surface area (Å²) >= 11 is -2.39. The number of hydrogen-bond donors (Lipinski definition) is 2. The zero-order chi connectivity index (χ0) is 15.0. The number of nitrogens with zero attached hydrogens (tertiary/aromatic N) is 1. The van der Waals surface area contributed by atoms with Crippen LogP contribution in [0.3, 0.4) is 0 Å². The number of hydroxylamine groups is 1. The predicted molar refractivity (Wildman–Crippen MR) is 70.1 cm³/mol. The average molecular weight is 289 g/mol. The zero-order valence-electron chi connectivity index (χ0n) is 11.2. The molecule has 0 saturated heterocycles. The second-order valence-electron chi connectivity index (χ2n) is 3.53. The molecule has 0 aliphatic carbocycles. The number of rotatable bonds is 3. The van der Waals surface area contributed by atoms with Crippen LogP contribution in [0.5, 0.6) is 0 Å². The maximum Gasteiger partial charge on any atom is 0.337 e. The molecule has 0 fully saturated rings. The second kappa shape index (κ2) is 8.59. The highest BCUT2D eigenvalue weighted by Crippen LogP contribution is 2.23. The van der Waals surface area contributed by atoms with E-state index < -0.39 is 17.0 Å². The summed E-state index contributed by atoms with van der Waals surface area (Å²) in [6.07, 6.45) is 0. The van der Waals surface area contributed by atoms with Crippen molar-refractivity contribution in [2.45, 2.75) is 4.90 Å². The van der Waals surface area contributed by atoms with Crippen LogP contribution in [0.15, 0.2) is 23.1 Å². The molecule has 1 unspecified atom stereocenters. The third-order valence-electron chi connectivity index (χ3n) is 2.04. The quantitative estimate of drug-likeness (QED) is 0.471. The van der Waals surface area contributed by atoms with Gasteiger partial charge in [0.2, 0.25) is 0 Å². The van der Waals surface area contributed by atoms with Gasteiger partial charge in [-0.2, -0.15) is 0 Å². The van der Waals surface area contributed by atoms with Gasteiger partial charge in [-0.15, -0.1) is 0 Å². The van der Waals surface area contributed by atoms with Gasteiger partial charge in [-0.25, -0.2) is 10.3 Å². The van der Waals surface area contributed by atoms with Gasteiger partial charge in [0.15, 0.2) is 0 Å². The Bertz CT molecular complexity index is 451. The van der Waals surface area contributed by atoms with Crippen molar-refractivity contribution < 1.29 is 23.5 Å². The summed E-state index contributed by atoms with van der Waals surface area (Å²) in [5.74, 6) is -0.558. The minimum absolute atomic E-state index is 0.0768. The molecule has 2 N–H and O–H groups in total. The number of nitrogens with one attached hydrogen (secondary N) is 1. The van der Waals surface area contributed by atoms with Crippen molar-refractivity contribution in [1.82, 2.24) is 5.48 Å². The molecule has 0 amide bonds. The maximum absolute atomic E-state index is 11.2. The number of carbonyl (C=O) groups excluding carboxylic acids is 1. The first kappa shape index (κ1) is 17.5. The largest absolute Gasteiger partial charge is 0.768 e. The fraction of sp³-hybridized carbons (Fsp3) is 0.364. The molecule has 1 aromatic rings. The van der Waals surface area contributed by atoms with E-state index in [-0.39, 0.29) is 10.5 Å². The minimum atomic E-state index is -2.39. The molecule has 0 aliphatic heterocycles. The van der Waals surface area contributed by atoms with Crippen molar-refractivity contribution >= 4 is 22.7 Å². The number of benzene rings is 1. The van der Waals surface area contributed by atoms with Crippen molar-refractivity contribution in [3.63, 3.8) is 0 Å². The Labute approximate surface area is 114 Å². The summed E-state index contributed by atoms with van der Waals surface area (Å²) in [5, 5.41) is 7.32. The number of anilines is 1. The Morgan fingerprint density at radius 1 is 1.47 bits per heavy atom. The Morgan fingerprint density at radius 3 is 2.37 bits per heavy atom. The van der Waals surface area contributed by atoms with Crippen LogP contribution >= 0.6 is 0 Å². The molecule has 108 valence electrons. The lowest BCUT2D eigenvalue weighted by Gasteiger charge is -2.19. The molecule has 1 aromatic carbocycles. The highest BCUT2D eigenvalue weighted by atomic mass is 32.2. The first-order valence-corrected chi connectivity index (χ1v) is 6.26. The molecule has 7 nitrogen and oxygen atoms in total. The summed E-state index contributed by atoms with van der Waals surface area (Å²) < 4.78 is 26.5. The van der Waals surface area contributed by atoms with Crippen molar-refractivity contribution in [1.29, 1.82) is 0 Å². The Balaban J connectivity index is 0.000000982. The van der Waals surface area contributed by atoms with E-state index in [1.54, 1.807) is 30.5 Å². The molecule has 1 atom stereocenters. The van der Waals surface area contributed by atoms with Crippen LogP contribution in [0.1, 0.15) is 10.4 Å². The van der Waals surface area contributed by atoms with Gasteiger partial charge >= 0.3 is 5.97 Å². The lowest BCUT2D eigenvalue weighted by molar-refractivity contribution is 0.0600. The zero-order valence-corrected chi connectivity index (χ0v) is 12.0. The van der Waals surface area contributed by atoms with Crippen LogP contribution in [0.4, 0.5) is 5.69 Å². The van der Waals surface area contributed by atoms with Gasteiger partial charge in [-0.1, -0.05) is 0 Å². The van der Waals surface area contributed by atoms with E-state index in [2.05, 4.69) is 4.74 Å². The molecule has 0 radical (unpaired) electrons. The van der Waals surface area contributed by atoms with Crippen molar-refractivity contribution in [3.05, 3.63) is 23.8 Å². The van der Waals surface area contributed by atoms with E-state index in [1.807, 2.05) is 0 Å². The van der Waals surface area contributed by atoms with E-state index in [1.165, 1.54) is 26.3 Å². The van der Waals surface area contributed by atoms with Gasteiger partial charge in [0.05, 0.1) is 18.4 Å². The molecule has 0 aliphatic rings. The SMILES string of the molecule is CNO.COC(=O)c1ccc(N(C)C)c(S(=O)[O-])c1. The summed E-state index contributed by atoms with van der Waals surface area (Å²) in [6.45, 7) is 0. The highest BCUT2D eigenvalue weighted by molar-refractivity contribution is 7.79. The minimum Gasteiger partial charge on any atom is -0.768 e. The summed E-state index contributed by atoms with van der Waals surface area (Å²) in [5.41, 5.74) is 2.49. The lowest BCUT2D eigenvalue weighted by atomic mass is 10.2. The third kappa shape index (κ3) is 5.35. The fourth-order valence-corrected chi connectivity index (χ4v) is 1.91. The number of carbonyl (C=O) groups is 1. The Kier molecular flexibility index (Phi) is 7.92. The van der Waals surface area contributed by atoms with Gasteiger partial charge in [-0.3, -0.25) is 4.21 Å². The second-order valence-corrected chi connectivity index (χ2v) is 4.44. The molecule has 0 heterocycles. The van der Waals surface area contributed by atoms with Gasteiger partial charge in [0.1, 0.15) is 0 Å². The number of methoxy groups -OCH3 is 1. The first-order chi connectivity index (χ1) is 8.88. The number of ether oxygens (including phenoxy) is 1. The smallest absolute Gasteiger partial charge is 0.337 e. The summed E-state index contributed by atoms with van der Waals surface area (Å²) in [4.78, 5) is 13.0. The van der Waals surface area contributed by atoms with Crippen molar-refractivity contribution in [2.24, 2.45) is 0 Å². The Morgan fingerprint density at radius 2 is 2.00 bits per heavy atom. The normalized spacial score (nSPS) is 11.1. The molecule has 0 bridgehead atoms. The molecular formula is C11H17N2O5S-. The van der Waals surface area contributed by atoms with Crippen molar-refractivity contribution in [3.8, 4) is 0 Å². The summed E-state index contributed by atoms with van der Waals surface area (Å²) in [7, 11) is 6.13. The molecule has 0 saturated carbocycles. The predicted octanol–water partition coefficient (Wildman–Crippen LogP) is 0.372. The van der Waals surface area contributed by atoms with Crippen LogP contribution in [-0.2, 0) is 15.8 Å². The van der Waals surface area contributed by atoms with Crippen LogP contribution < -0.4 is 10.4 Å². The maximum atomic E-state index is 11.2. The number of esters is 1. The van der Waals surface area contributed by atoms with Gasteiger partial charge in [0, 0.05) is 26.0 Å².